The number of carbonyl (C=O) groups excluding carboxylic acids is 5. The number of benzene rings is 3. The number of nitrogens with two attached hydrogens (primary N) is 1. The topological polar surface area (TPSA) is 162 Å². The lowest BCUT2D eigenvalue weighted by molar-refractivity contribution is -0.136. The van der Waals surface area contributed by atoms with Gasteiger partial charge in [-0.2, -0.15) is 0 Å². The van der Waals surface area contributed by atoms with Crippen LogP contribution in [0.15, 0.2) is 95.6 Å². The van der Waals surface area contributed by atoms with Crippen LogP contribution >= 0.6 is 0 Å². The lowest BCUT2D eigenvalue weighted by Gasteiger charge is -2.40. The molecular weight excluding hydrogens is 754 g/mol. The first-order valence-corrected chi connectivity index (χ1v) is 19.9. The van der Waals surface area contributed by atoms with Crippen LogP contribution in [0.2, 0.25) is 0 Å². The Morgan fingerprint density at radius 2 is 1.44 bits per heavy atom. The minimum absolute atomic E-state index is 0.0190. The van der Waals surface area contributed by atoms with Gasteiger partial charge in [-0.05, 0) is 97.0 Å². The predicted molar refractivity (Wildman–Crippen MR) is 218 cm³/mol. The Bertz CT molecular complexity index is 2460. The zero-order valence-electron chi connectivity index (χ0n) is 32.2. The van der Waals surface area contributed by atoms with Crippen LogP contribution in [-0.2, 0) is 9.59 Å². The van der Waals surface area contributed by atoms with Crippen molar-refractivity contribution in [3.8, 4) is 33.8 Å². The number of piperazine rings is 1. The molecule has 13 nitrogen and oxygen atoms in total. The smallest absolute Gasteiger partial charge is 0.262 e. The molecule has 59 heavy (non-hydrogen) atoms. The van der Waals surface area contributed by atoms with Crippen LogP contribution in [0, 0.1) is 11.7 Å². The standard InChI is InChI=1S/C45H42FN7O6/c46-35-24-33-34(45(58)53(44(33)57)38-11-12-41(54)49-43(38)56)25-39(35)52-19-17-50(18-20-52)26-27-13-15-51(16-14-27)32-9-7-29(8-10-32)36-22-31(23-37(48-36)40-2-1-21-59-40)28-3-5-30(6-4-28)42(47)55/h1-10,21-25,27,38H,11-20,26H2,(H2,47,55)(H,49,54,56). The molecule has 300 valence electrons. The molecule has 4 aliphatic rings. The van der Waals surface area contributed by atoms with Crippen LogP contribution < -0.4 is 20.9 Å². The van der Waals surface area contributed by atoms with Crippen LogP contribution in [0.25, 0.3) is 33.8 Å². The molecular formula is C45H42FN7O6. The number of piperidine rings is 2. The Hall–Kier alpha value is -6.67. The van der Waals surface area contributed by atoms with Gasteiger partial charge in [0, 0.05) is 69.0 Å². The van der Waals surface area contributed by atoms with Gasteiger partial charge in [0.2, 0.25) is 17.7 Å². The molecule has 0 saturated carbocycles. The van der Waals surface area contributed by atoms with Crippen LogP contribution in [0.1, 0.15) is 56.8 Å². The zero-order valence-corrected chi connectivity index (χ0v) is 32.2. The van der Waals surface area contributed by atoms with E-state index in [0.717, 1.165) is 84.6 Å². The van der Waals surface area contributed by atoms with Gasteiger partial charge in [0.15, 0.2) is 5.76 Å². The number of furan rings is 1. The molecule has 0 bridgehead atoms. The highest BCUT2D eigenvalue weighted by molar-refractivity contribution is 6.23. The number of primary amides is 1. The van der Waals surface area contributed by atoms with E-state index >= 15 is 4.39 Å². The maximum atomic E-state index is 15.5. The zero-order chi connectivity index (χ0) is 40.8. The molecule has 3 aromatic carbocycles. The third-order valence-electron chi connectivity index (χ3n) is 12.0. The molecule has 6 heterocycles. The second-order valence-corrected chi connectivity index (χ2v) is 15.6. The number of fused-ring (bicyclic) bond motifs is 1. The minimum atomic E-state index is -1.10. The van der Waals surface area contributed by atoms with Gasteiger partial charge in [0.1, 0.15) is 17.6 Å². The lowest BCUT2D eigenvalue weighted by atomic mass is 9.95. The van der Waals surface area contributed by atoms with E-state index in [2.05, 4.69) is 39.4 Å². The second-order valence-electron chi connectivity index (χ2n) is 15.6. The Morgan fingerprint density at radius 3 is 2.10 bits per heavy atom. The van der Waals surface area contributed by atoms with Crippen molar-refractivity contribution in [3.05, 3.63) is 114 Å². The Balaban J connectivity index is 0.800. The van der Waals surface area contributed by atoms with E-state index in [4.69, 9.17) is 15.1 Å². The molecule has 5 aromatic rings. The minimum Gasteiger partial charge on any atom is -0.463 e. The summed E-state index contributed by atoms with van der Waals surface area (Å²) in [6.45, 7) is 5.44. The van der Waals surface area contributed by atoms with E-state index < -0.39 is 41.4 Å². The van der Waals surface area contributed by atoms with Crippen LogP contribution in [0.3, 0.4) is 0 Å². The fraction of sp³-hybridized carbons (Fsp3) is 0.289. The highest BCUT2D eigenvalue weighted by Gasteiger charge is 2.45. The van der Waals surface area contributed by atoms with Gasteiger partial charge in [-0.15, -0.1) is 0 Å². The quantitative estimate of drug-likeness (QED) is 0.186. The number of anilines is 2. The molecule has 4 aliphatic heterocycles. The van der Waals surface area contributed by atoms with Gasteiger partial charge in [0.25, 0.3) is 11.8 Å². The maximum Gasteiger partial charge on any atom is 0.262 e. The molecule has 0 radical (unpaired) electrons. The van der Waals surface area contributed by atoms with E-state index in [0.29, 0.717) is 36.0 Å². The van der Waals surface area contributed by atoms with Crippen molar-refractivity contribution in [2.24, 2.45) is 11.7 Å². The Kier molecular flexibility index (Phi) is 10.0. The van der Waals surface area contributed by atoms with Gasteiger partial charge in [0.05, 0.1) is 28.8 Å². The summed E-state index contributed by atoms with van der Waals surface area (Å²) in [4.78, 5) is 74.7. The summed E-state index contributed by atoms with van der Waals surface area (Å²) in [5.74, 6) is -2.37. The van der Waals surface area contributed by atoms with Crippen molar-refractivity contribution >= 4 is 40.9 Å². The third kappa shape index (κ3) is 7.47. The first-order chi connectivity index (χ1) is 28.6. The van der Waals surface area contributed by atoms with Gasteiger partial charge < -0.3 is 20.0 Å². The number of amides is 5. The number of nitrogens with zero attached hydrogens (tertiary/aromatic N) is 5. The summed E-state index contributed by atoms with van der Waals surface area (Å²) in [7, 11) is 0. The van der Waals surface area contributed by atoms with E-state index in [1.165, 1.54) is 6.07 Å². The molecule has 3 fully saturated rings. The summed E-state index contributed by atoms with van der Waals surface area (Å²) in [6.07, 6.45) is 3.78. The molecule has 0 aliphatic carbocycles. The Labute approximate surface area is 339 Å². The SMILES string of the molecule is NC(=O)c1ccc(-c2cc(-c3ccc(N4CCC(CN5CCN(c6cc7c(cc6F)C(=O)N(C6CCC(=O)NC6=O)C7=O)CC5)CC4)cc3)nc(-c3ccco3)c2)cc1. The summed E-state index contributed by atoms with van der Waals surface area (Å²) in [5, 5.41) is 2.19. The molecule has 0 spiro atoms. The molecule has 1 unspecified atom stereocenters. The summed E-state index contributed by atoms with van der Waals surface area (Å²) < 4.78 is 21.2. The monoisotopic (exact) mass is 795 g/mol. The van der Waals surface area contributed by atoms with Crippen molar-refractivity contribution in [2.75, 3.05) is 55.6 Å². The highest BCUT2D eigenvalue weighted by atomic mass is 19.1. The van der Waals surface area contributed by atoms with Crippen LogP contribution in [-0.4, -0.2) is 96.2 Å². The first-order valence-electron chi connectivity index (χ1n) is 19.9. The molecule has 14 heteroatoms. The fourth-order valence-electron chi connectivity index (χ4n) is 8.70. The molecule has 3 saturated heterocycles. The molecule has 2 aromatic heterocycles. The van der Waals surface area contributed by atoms with E-state index in [9.17, 15) is 24.0 Å². The number of rotatable bonds is 9. The van der Waals surface area contributed by atoms with Crippen LogP contribution in [0.5, 0.6) is 0 Å². The first kappa shape index (κ1) is 37.9. The number of carbonyl (C=O) groups is 5. The largest absolute Gasteiger partial charge is 0.463 e. The van der Waals surface area contributed by atoms with Crippen molar-refractivity contribution in [3.63, 3.8) is 0 Å². The van der Waals surface area contributed by atoms with E-state index in [-0.39, 0.29) is 29.7 Å². The van der Waals surface area contributed by atoms with Crippen LogP contribution in [0.4, 0.5) is 15.8 Å². The summed E-state index contributed by atoms with van der Waals surface area (Å²) >= 11 is 0. The summed E-state index contributed by atoms with van der Waals surface area (Å²) in [5.41, 5.74) is 11.7. The van der Waals surface area contributed by atoms with Crippen molar-refractivity contribution in [1.29, 1.82) is 0 Å². The number of imide groups is 2. The van der Waals surface area contributed by atoms with Gasteiger partial charge in [-0.1, -0.05) is 24.3 Å². The number of nitrogens with one attached hydrogen (secondary N) is 1. The van der Waals surface area contributed by atoms with Gasteiger partial charge in [-0.25, -0.2) is 9.37 Å². The summed E-state index contributed by atoms with van der Waals surface area (Å²) in [6, 6.07) is 24.9. The van der Waals surface area contributed by atoms with Crippen molar-refractivity contribution in [2.45, 2.75) is 31.7 Å². The molecule has 9 rings (SSSR count). The van der Waals surface area contributed by atoms with Gasteiger partial charge >= 0.3 is 0 Å². The average Bonchev–Trinajstić information content (AvgIpc) is 3.88. The normalized spacial score (nSPS) is 19.0. The third-order valence-corrected chi connectivity index (χ3v) is 12.0. The molecule has 1 atom stereocenters. The average molecular weight is 796 g/mol. The second kappa shape index (κ2) is 15.6. The number of pyridine rings is 1. The van der Waals surface area contributed by atoms with Crippen molar-refractivity contribution in [1.82, 2.24) is 20.1 Å². The van der Waals surface area contributed by atoms with E-state index in [1.54, 1.807) is 18.4 Å². The number of halogens is 1. The molecule has 3 N–H and O–H groups in total. The lowest BCUT2D eigenvalue weighted by Crippen LogP contribution is -2.54. The van der Waals surface area contributed by atoms with E-state index in [1.807, 2.05) is 41.3 Å². The number of hydrogen-bond donors (Lipinski definition) is 2. The Morgan fingerprint density at radius 1 is 0.763 bits per heavy atom. The van der Waals surface area contributed by atoms with Crippen molar-refractivity contribution < 1.29 is 32.8 Å². The fourth-order valence-corrected chi connectivity index (χ4v) is 8.70. The maximum absolute atomic E-state index is 15.5. The van der Waals surface area contributed by atoms with Gasteiger partial charge in [-0.3, -0.25) is 39.1 Å². The number of hydrogen-bond acceptors (Lipinski definition) is 10. The highest BCUT2D eigenvalue weighted by Crippen LogP contribution is 2.35. The number of aromatic nitrogens is 1. The molecule has 5 amide bonds. The predicted octanol–water partition coefficient (Wildman–Crippen LogP) is 5.35.